The fraction of sp³-hybridized carbons (Fsp3) is 0.500. The Balaban J connectivity index is 2.15. The maximum Gasteiger partial charge on any atom is 0.329 e. The molecule has 5 nitrogen and oxygen atoms in total. The molecule has 2 heterocycles. The van der Waals surface area contributed by atoms with E-state index in [-0.39, 0.29) is 11.2 Å². The molecule has 0 aliphatic heterocycles. The largest absolute Gasteiger partial charge is 0.329 e. The van der Waals surface area contributed by atoms with E-state index in [1.165, 1.54) is 9.44 Å². The third kappa shape index (κ3) is 2.08. The Labute approximate surface area is 119 Å². The molecule has 3 rings (SSSR count). The summed E-state index contributed by atoms with van der Waals surface area (Å²) in [6.07, 6.45) is 5.06. The van der Waals surface area contributed by atoms with Gasteiger partial charge in [0.2, 0.25) is 0 Å². The van der Waals surface area contributed by atoms with Gasteiger partial charge >= 0.3 is 5.69 Å². The summed E-state index contributed by atoms with van der Waals surface area (Å²) in [5.74, 6) is 0. The molecule has 0 atom stereocenters. The molecule has 0 radical (unpaired) electrons. The third-order valence-electron chi connectivity index (χ3n) is 3.77. The molecule has 20 heavy (non-hydrogen) atoms. The van der Waals surface area contributed by atoms with Gasteiger partial charge in [-0.25, -0.2) is 4.79 Å². The minimum absolute atomic E-state index is 0.193. The van der Waals surface area contributed by atoms with Gasteiger partial charge in [-0.3, -0.25) is 14.3 Å². The zero-order chi connectivity index (χ0) is 14.1. The van der Waals surface area contributed by atoms with Gasteiger partial charge < -0.3 is 0 Å². The van der Waals surface area contributed by atoms with Crippen LogP contribution in [0, 0.1) is 11.3 Å². The first-order valence-corrected chi connectivity index (χ1v) is 7.68. The number of unbranched alkanes of at least 4 members (excludes halogenated alkanes) is 1. The van der Waals surface area contributed by atoms with Crippen LogP contribution in [0.1, 0.15) is 36.1 Å². The van der Waals surface area contributed by atoms with Gasteiger partial charge in [0, 0.05) is 17.8 Å². The summed E-state index contributed by atoms with van der Waals surface area (Å²) in [6, 6.07) is 2.03. The lowest BCUT2D eigenvalue weighted by Gasteiger charge is -2.10. The lowest BCUT2D eigenvalue weighted by atomic mass is 9.97. The maximum atomic E-state index is 12.5. The van der Waals surface area contributed by atoms with Crippen molar-refractivity contribution in [2.75, 3.05) is 0 Å². The van der Waals surface area contributed by atoms with E-state index < -0.39 is 0 Å². The molecule has 104 valence electrons. The van der Waals surface area contributed by atoms with Crippen molar-refractivity contribution < 1.29 is 0 Å². The van der Waals surface area contributed by atoms with Crippen LogP contribution in [0.2, 0.25) is 0 Å². The molecule has 0 saturated heterocycles. The molecule has 0 aromatic carbocycles. The molecule has 6 heteroatoms. The van der Waals surface area contributed by atoms with Crippen molar-refractivity contribution in [1.82, 2.24) is 9.55 Å². The zero-order valence-electron chi connectivity index (χ0n) is 11.1. The molecule has 1 aliphatic rings. The third-order valence-corrected chi connectivity index (χ3v) is 4.97. The van der Waals surface area contributed by atoms with Gasteiger partial charge in [0.05, 0.1) is 11.5 Å². The van der Waals surface area contributed by atoms with Crippen LogP contribution in [0.25, 0.3) is 10.2 Å². The zero-order valence-corrected chi connectivity index (χ0v) is 11.9. The molecule has 0 spiro atoms. The van der Waals surface area contributed by atoms with Crippen LogP contribution in [-0.2, 0) is 19.4 Å². The van der Waals surface area contributed by atoms with Crippen molar-refractivity contribution in [3.05, 3.63) is 31.3 Å². The molecule has 0 fully saturated rings. The first kappa shape index (κ1) is 13.1. The summed E-state index contributed by atoms with van der Waals surface area (Å²) < 4.78 is 1.24. The quantitative estimate of drug-likeness (QED) is 0.877. The topological polar surface area (TPSA) is 78.7 Å². The second-order valence-corrected chi connectivity index (χ2v) is 6.17. The Morgan fingerprint density at radius 3 is 2.90 bits per heavy atom. The molecule has 0 saturated carbocycles. The molecule has 0 bridgehead atoms. The molecule has 1 N–H and O–H groups in total. The number of nitrogens with one attached hydrogen (secondary N) is 1. The summed E-state index contributed by atoms with van der Waals surface area (Å²) in [5, 5.41) is 9.25. The van der Waals surface area contributed by atoms with Crippen molar-refractivity contribution in [3.8, 4) is 6.07 Å². The minimum atomic E-state index is -0.362. The summed E-state index contributed by atoms with van der Waals surface area (Å²) in [5.41, 5.74) is 0.576. The molecular formula is C14H15N3O2S. The predicted octanol–water partition coefficient (Wildman–Crippen LogP) is 1.93. The fourth-order valence-electron chi connectivity index (χ4n) is 2.79. The van der Waals surface area contributed by atoms with Crippen LogP contribution >= 0.6 is 11.3 Å². The number of thiophene rings is 1. The summed E-state index contributed by atoms with van der Waals surface area (Å²) in [4.78, 5) is 29.3. The number of aromatic amines is 1. The van der Waals surface area contributed by atoms with E-state index in [1.807, 2.05) is 6.07 Å². The highest BCUT2D eigenvalue weighted by Crippen LogP contribution is 2.32. The lowest BCUT2D eigenvalue weighted by molar-refractivity contribution is 0.604. The number of hydrogen-bond donors (Lipinski definition) is 1. The van der Waals surface area contributed by atoms with Gasteiger partial charge in [-0.2, -0.15) is 5.26 Å². The number of H-pyrrole nitrogens is 1. The van der Waals surface area contributed by atoms with Crippen LogP contribution in [0.3, 0.4) is 0 Å². The Hall–Kier alpha value is -1.87. The van der Waals surface area contributed by atoms with E-state index in [2.05, 4.69) is 4.98 Å². The highest BCUT2D eigenvalue weighted by atomic mass is 32.1. The number of aromatic nitrogens is 2. The second-order valence-electron chi connectivity index (χ2n) is 5.06. The number of nitrogens with zero attached hydrogens (tertiary/aromatic N) is 2. The Bertz CT molecular complexity index is 807. The van der Waals surface area contributed by atoms with Gasteiger partial charge in [0.1, 0.15) is 4.83 Å². The molecule has 0 amide bonds. The maximum absolute atomic E-state index is 12.5. The van der Waals surface area contributed by atoms with Crippen molar-refractivity contribution >= 4 is 21.6 Å². The van der Waals surface area contributed by atoms with Crippen LogP contribution in [0.5, 0.6) is 0 Å². The number of aryl methyl sites for hydroxylation is 2. The second kappa shape index (κ2) is 5.25. The number of nitriles is 1. The first-order valence-electron chi connectivity index (χ1n) is 6.86. The van der Waals surface area contributed by atoms with Crippen LogP contribution in [0.4, 0.5) is 0 Å². The molecule has 2 aromatic rings. The average Bonchev–Trinajstić information content (AvgIpc) is 2.80. The minimum Gasteiger partial charge on any atom is -0.298 e. The van der Waals surface area contributed by atoms with E-state index in [0.29, 0.717) is 29.6 Å². The van der Waals surface area contributed by atoms with E-state index in [0.717, 1.165) is 31.2 Å². The SMILES string of the molecule is N#CCCCn1c(=O)[nH]c2sc3c(c2c1=O)CCCC3. The highest BCUT2D eigenvalue weighted by Gasteiger charge is 2.20. The Kier molecular flexibility index (Phi) is 3.45. The van der Waals surface area contributed by atoms with E-state index in [1.54, 1.807) is 11.3 Å². The van der Waals surface area contributed by atoms with Crippen LogP contribution in [0.15, 0.2) is 9.59 Å². The molecular weight excluding hydrogens is 274 g/mol. The number of rotatable bonds is 3. The predicted molar refractivity (Wildman–Crippen MR) is 78.2 cm³/mol. The highest BCUT2D eigenvalue weighted by molar-refractivity contribution is 7.18. The smallest absolute Gasteiger partial charge is 0.298 e. The van der Waals surface area contributed by atoms with Gasteiger partial charge in [0.25, 0.3) is 5.56 Å². The fourth-order valence-corrected chi connectivity index (χ4v) is 4.06. The van der Waals surface area contributed by atoms with Crippen molar-refractivity contribution in [2.45, 2.75) is 45.1 Å². The standard InChI is InChI=1S/C14H15N3O2S/c15-7-3-4-8-17-13(18)11-9-5-1-2-6-10(9)20-12(11)16-14(17)19/h1-6,8H2,(H,16,19). The summed E-state index contributed by atoms with van der Waals surface area (Å²) in [7, 11) is 0. The Morgan fingerprint density at radius 2 is 2.10 bits per heavy atom. The van der Waals surface area contributed by atoms with Crippen LogP contribution < -0.4 is 11.2 Å². The van der Waals surface area contributed by atoms with Gasteiger partial charge in [-0.15, -0.1) is 11.3 Å². The summed E-state index contributed by atoms with van der Waals surface area (Å²) in [6.45, 7) is 0.308. The van der Waals surface area contributed by atoms with Crippen molar-refractivity contribution in [3.63, 3.8) is 0 Å². The van der Waals surface area contributed by atoms with Gasteiger partial charge in [-0.1, -0.05) is 0 Å². The van der Waals surface area contributed by atoms with Gasteiger partial charge in [0.15, 0.2) is 0 Å². The number of fused-ring (bicyclic) bond motifs is 3. The summed E-state index contributed by atoms with van der Waals surface area (Å²) >= 11 is 1.54. The van der Waals surface area contributed by atoms with E-state index in [4.69, 9.17) is 5.26 Å². The first-order chi connectivity index (χ1) is 9.72. The van der Waals surface area contributed by atoms with Crippen LogP contribution in [-0.4, -0.2) is 9.55 Å². The number of hydrogen-bond acceptors (Lipinski definition) is 4. The van der Waals surface area contributed by atoms with E-state index >= 15 is 0 Å². The lowest BCUT2D eigenvalue weighted by Crippen LogP contribution is -2.35. The van der Waals surface area contributed by atoms with Crippen molar-refractivity contribution in [1.29, 1.82) is 5.26 Å². The molecule has 2 aromatic heterocycles. The average molecular weight is 289 g/mol. The van der Waals surface area contributed by atoms with Gasteiger partial charge in [-0.05, 0) is 37.7 Å². The monoisotopic (exact) mass is 289 g/mol. The van der Waals surface area contributed by atoms with E-state index in [9.17, 15) is 9.59 Å². The Morgan fingerprint density at radius 1 is 1.30 bits per heavy atom. The molecule has 1 aliphatic carbocycles. The van der Waals surface area contributed by atoms with Crippen molar-refractivity contribution in [2.24, 2.45) is 0 Å². The normalized spacial score (nSPS) is 14.2. The molecule has 0 unspecified atom stereocenters.